The number of carbonyl (C=O) groups is 2. The number of aromatic nitrogens is 1. The van der Waals surface area contributed by atoms with Crippen LogP contribution in [0.1, 0.15) is 48.5 Å². The van der Waals surface area contributed by atoms with Crippen molar-refractivity contribution in [2.24, 2.45) is 5.92 Å². The summed E-state index contributed by atoms with van der Waals surface area (Å²) in [6.07, 6.45) is 6.73. The number of ether oxygens (including phenoxy) is 1. The number of carbonyl (C=O) groups excluding carboxylic acids is 2. The van der Waals surface area contributed by atoms with Gasteiger partial charge in [0.2, 0.25) is 5.91 Å². The number of halogens is 1. The van der Waals surface area contributed by atoms with Gasteiger partial charge in [-0.3, -0.25) is 19.5 Å². The van der Waals surface area contributed by atoms with E-state index in [0.29, 0.717) is 22.9 Å². The Morgan fingerprint density at radius 1 is 1.16 bits per heavy atom. The van der Waals surface area contributed by atoms with Crippen LogP contribution in [0.3, 0.4) is 0 Å². The van der Waals surface area contributed by atoms with Gasteiger partial charge >= 0.3 is 0 Å². The minimum atomic E-state index is -0.155. The highest BCUT2D eigenvalue weighted by Gasteiger charge is 2.29. The van der Waals surface area contributed by atoms with E-state index in [4.69, 9.17) is 16.3 Å². The molecule has 32 heavy (non-hydrogen) atoms. The molecule has 1 saturated heterocycles. The van der Waals surface area contributed by atoms with Crippen LogP contribution in [-0.2, 0) is 11.3 Å². The molecule has 0 atom stereocenters. The second kappa shape index (κ2) is 10.3. The van der Waals surface area contributed by atoms with Gasteiger partial charge in [0.25, 0.3) is 5.91 Å². The van der Waals surface area contributed by atoms with Gasteiger partial charge in [0.15, 0.2) is 0 Å². The molecule has 1 aromatic heterocycles. The first-order valence-electron chi connectivity index (χ1n) is 11.2. The Labute approximate surface area is 193 Å². The molecule has 1 saturated carbocycles. The molecule has 2 N–H and O–H groups in total. The van der Waals surface area contributed by atoms with Gasteiger partial charge in [-0.15, -0.1) is 0 Å². The van der Waals surface area contributed by atoms with E-state index >= 15 is 0 Å². The SMILES string of the molecule is CCOc1cc(CN2CCC(NC(=O)c3cncc(NC(=O)C4CC4)c3)CC2)ccc1Cl. The van der Waals surface area contributed by atoms with Gasteiger partial charge in [0.05, 0.1) is 29.1 Å². The second-order valence-electron chi connectivity index (χ2n) is 8.45. The second-order valence-corrected chi connectivity index (χ2v) is 8.85. The Morgan fingerprint density at radius 2 is 1.94 bits per heavy atom. The molecule has 2 fully saturated rings. The number of nitrogens with zero attached hydrogens (tertiary/aromatic N) is 2. The molecular weight excluding hydrogens is 428 g/mol. The Hall–Kier alpha value is -2.64. The average molecular weight is 457 g/mol. The molecule has 0 unspecified atom stereocenters. The summed E-state index contributed by atoms with van der Waals surface area (Å²) in [6.45, 7) is 5.14. The molecule has 8 heteroatoms. The maximum atomic E-state index is 12.7. The first-order valence-corrected chi connectivity index (χ1v) is 11.6. The fourth-order valence-corrected chi connectivity index (χ4v) is 4.07. The Morgan fingerprint density at radius 3 is 2.66 bits per heavy atom. The van der Waals surface area contributed by atoms with Crippen molar-refractivity contribution in [3.8, 4) is 5.75 Å². The van der Waals surface area contributed by atoms with Crippen LogP contribution in [0.15, 0.2) is 36.7 Å². The minimum absolute atomic E-state index is 0.00537. The molecule has 2 aliphatic rings. The van der Waals surface area contributed by atoms with Gasteiger partial charge in [0.1, 0.15) is 5.75 Å². The van der Waals surface area contributed by atoms with Crippen LogP contribution < -0.4 is 15.4 Å². The number of likely N-dealkylation sites (tertiary alicyclic amines) is 1. The number of anilines is 1. The summed E-state index contributed by atoms with van der Waals surface area (Å²) in [5.41, 5.74) is 2.20. The zero-order valence-corrected chi connectivity index (χ0v) is 19.0. The number of hydrogen-bond donors (Lipinski definition) is 2. The van der Waals surface area contributed by atoms with Crippen molar-refractivity contribution in [3.05, 3.63) is 52.8 Å². The van der Waals surface area contributed by atoms with E-state index in [1.54, 1.807) is 12.3 Å². The predicted octanol–water partition coefficient (Wildman–Crippen LogP) is 3.88. The smallest absolute Gasteiger partial charge is 0.253 e. The Bertz CT molecular complexity index is 971. The van der Waals surface area contributed by atoms with Crippen molar-refractivity contribution in [1.29, 1.82) is 0 Å². The average Bonchev–Trinajstić information content (AvgIpc) is 3.63. The number of benzene rings is 1. The summed E-state index contributed by atoms with van der Waals surface area (Å²) in [7, 11) is 0. The van der Waals surface area contributed by atoms with Crippen molar-refractivity contribution in [3.63, 3.8) is 0 Å². The molecule has 170 valence electrons. The molecule has 1 aromatic carbocycles. The molecule has 1 aliphatic carbocycles. The van der Waals surface area contributed by atoms with Gasteiger partial charge in [-0.1, -0.05) is 17.7 Å². The van der Waals surface area contributed by atoms with Crippen LogP contribution in [0.5, 0.6) is 5.75 Å². The summed E-state index contributed by atoms with van der Waals surface area (Å²) >= 11 is 6.18. The molecular formula is C24H29ClN4O3. The molecule has 7 nitrogen and oxygen atoms in total. The molecule has 1 aliphatic heterocycles. The fraction of sp³-hybridized carbons (Fsp3) is 0.458. The largest absolute Gasteiger partial charge is 0.492 e. The Kier molecular flexibility index (Phi) is 7.27. The number of pyridine rings is 1. The standard InChI is InChI=1S/C24H29ClN4O3/c1-2-32-22-11-16(3-6-21(22)25)15-29-9-7-19(8-10-29)27-24(31)18-12-20(14-26-13-18)28-23(30)17-4-5-17/h3,6,11-14,17,19H,2,4-5,7-10,15H2,1H3,(H,27,31)(H,28,30). The predicted molar refractivity (Wildman–Crippen MR) is 124 cm³/mol. The van der Waals surface area contributed by atoms with Crippen LogP contribution in [0.4, 0.5) is 5.69 Å². The third-order valence-corrected chi connectivity index (χ3v) is 6.15. The molecule has 0 spiro atoms. The van der Waals surface area contributed by atoms with Crippen LogP contribution in [0.25, 0.3) is 0 Å². The van der Waals surface area contributed by atoms with Crippen molar-refractivity contribution in [2.75, 3.05) is 25.0 Å². The van der Waals surface area contributed by atoms with Gasteiger partial charge < -0.3 is 15.4 Å². The number of nitrogens with one attached hydrogen (secondary N) is 2. The maximum Gasteiger partial charge on any atom is 0.253 e. The normalized spacial score (nSPS) is 17.1. The lowest BCUT2D eigenvalue weighted by Crippen LogP contribution is -2.44. The van der Waals surface area contributed by atoms with E-state index in [-0.39, 0.29) is 23.8 Å². The van der Waals surface area contributed by atoms with E-state index in [9.17, 15) is 9.59 Å². The van der Waals surface area contributed by atoms with Gasteiger partial charge in [-0.05, 0) is 56.4 Å². The number of rotatable bonds is 8. The molecule has 2 amide bonds. The highest BCUT2D eigenvalue weighted by molar-refractivity contribution is 6.32. The van der Waals surface area contributed by atoms with Crippen LogP contribution in [0, 0.1) is 5.92 Å². The van der Waals surface area contributed by atoms with Gasteiger partial charge in [-0.2, -0.15) is 0 Å². The lowest BCUT2D eigenvalue weighted by atomic mass is 10.0. The van der Waals surface area contributed by atoms with E-state index in [0.717, 1.165) is 56.6 Å². The molecule has 0 bridgehead atoms. The van der Waals surface area contributed by atoms with Crippen LogP contribution in [-0.4, -0.2) is 47.4 Å². The lowest BCUT2D eigenvalue weighted by Gasteiger charge is -2.32. The van der Waals surface area contributed by atoms with Crippen LogP contribution >= 0.6 is 11.6 Å². The zero-order chi connectivity index (χ0) is 22.5. The van der Waals surface area contributed by atoms with E-state index in [2.05, 4.69) is 20.5 Å². The summed E-state index contributed by atoms with van der Waals surface area (Å²) in [4.78, 5) is 31.1. The summed E-state index contributed by atoms with van der Waals surface area (Å²) in [6, 6.07) is 7.72. The monoisotopic (exact) mass is 456 g/mol. The molecule has 0 radical (unpaired) electrons. The number of hydrogen-bond acceptors (Lipinski definition) is 5. The number of piperidine rings is 1. The van der Waals surface area contributed by atoms with Crippen molar-refractivity contribution >= 4 is 29.1 Å². The molecule has 4 rings (SSSR count). The molecule has 2 aromatic rings. The highest BCUT2D eigenvalue weighted by atomic mass is 35.5. The zero-order valence-electron chi connectivity index (χ0n) is 18.3. The highest BCUT2D eigenvalue weighted by Crippen LogP contribution is 2.30. The lowest BCUT2D eigenvalue weighted by molar-refractivity contribution is -0.117. The fourth-order valence-electron chi connectivity index (χ4n) is 3.90. The topological polar surface area (TPSA) is 83.6 Å². The van der Waals surface area contributed by atoms with Gasteiger partial charge in [-0.25, -0.2) is 0 Å². The third kappa shape index (κ3) is 5.99. The third-order valence-electron chi connectivity index (χ3n) is 5.84. The van der Waals surface area contributed by atoms with Gasteiger partial charge in [0, 0.05) is 37.8 Å². The van der Waals surface area contributed by atoms with Crippen molar-refractivity contribution in [1.82, 2.24) is 15.2 Å². The minimum Gasteiger partial charge on any atom is -0.492 e. The van der Waals surface area contributed by atoms with Crippen molar-refractivity contribution in [2.45, 2.75) is 45.2 Å². The summed E-state index contributed by atoms with van der Waals surface area (Å²) in [5, 5.41) is 6.58. The summed E-state index contributed by atoms with van der Waals surface area (Å²) in [5.74, 6) is 0.678. The van der Waals surface area contributed by atoms with Crippen LogP contribution in [0.2, 0.25) is 5.02 Å². The summed E-state index contributed by atoms with van der Waals surface area (Å²) < 4.78 is 5.59. The van der Waals surface area contributed by atoms with E-state index in [1.165, 1.54) is 6.20 Å². The molecule has 2 heterocycles. The van der Waals surface area contributed by atoms with E-state index < -0.39 is 0 Å². The maximum absolute atomic E-state index is 12.7. The first-order chi connectivity index (χ1) is 15.5. The Balaban J connectivity index is 1.26. The number of amides is 2. The first kappa shape index (κ1) is 22.6. The van der Waals surface area contributed by atoms with Crippen molar-refractivity contribution < 1.29 is 14.3 Å². The quantitative estimate of drug-likeness (QED) is 0.629. The van der Waals surface area contributed by atoms with E-state index in [1.807, 2.05) is 25.1 Å².